The van der Waals surface area contributed by atoms with Crippen molar-refractivity contribution in [1.29, 1.82) is 0 Å². The fourth-order valence-electron chi connectivity index (χ4n) is 3.30. The number of esters is 1. The summed E-state index contributed by atoms with van der Waals surface area (Å²) in [6.45, 7) is 3.72. The summed E-state index contributed by atoms with van der Waals surface area (Å²) in [5.74, 6) is -1.36. The van der Waals surface area contributed by atoms with Crippen LogP contribution in [-0.2, 0) is 19.4 Å². The molecular weight excluding hydrogens is 374 g/mol. The molecule has 0 heterocycles. The Hall–Kier alpha value is -1.89. The van der Waals surface area contributed by atoms with Gasteiger partial charge in [0.25, 0.3) is 0 Å². The molecule has 2 aromatic carbocycles. The standard InChI is InChI=1S/C19H20ClNO4S/c1-3-25-18(22)19(21)16(13-6-4-12(2)5-7-13)17(19)26(23,24)15-10-8-14(20)9-11-15/h4-11,16-17H,3,21H2,1-2H3/t16-,17-,19+/m0/s1. The van der Waals surface area contributed by atoms with Crippen LogP contribution in [0.2, 0.25) is 5.02 Å². The van der Waals surface area contributed by atoms with Gasteiger partial charge in [0.2, 0.25) is 0 Å². The molecule has 7 heteroatoms. The van der Waals surface area contributed by atoms with Crippen molar-refractivity contribution in [3.8, 4) is 0 Å². The zero-order valence-electron chi connectivity index (χ0n) is 14.5. The van der Waals surface area contributed by atoms with Crippen molar-refractivity contribution in [1.82, 2.24) is 0 Å². The molecule has 0 spiro atoms. The number of benzene rings is 2. The highest BCUT2D eigenvalue weighted by Gasteiger charge is 2.74. The Morgan fingerprint density at radius 2 is 1.73 bits per heavy atom. The lowest BCUT2D eigenvalue weighted by Gasteiger charge is -2.11. The topological polar surface area (TPSA) is 86.5 Å². The average Bonchev–Trinajstić information content (AvgIpc) is 3.25. The first-order valence-corrected chi connectivity index (χ1v) is 10.2. The van der Waals surface area contributed by atoms with Gasteiger partial charge >= 0.3 is 5.97 Å². The van der Waals surface area contributed by atoms with Crippen LogP contribution >= 0.6 is 11.6 Å². The maximum Gasteiger partial charge on any atom is 0.328 e. The summed E-state index contributed by atoms with van der Waals surface area (Å²) in [5, 5.41) is -0.655. The highest BCUT2D eigenvalue weighted by Crippen LogP contribution is 2.56. The fourth-order valence-corrected chi connectivity index (χ4v) is 5.66. The number of rotatable bonds is 5. The third kappa shape index (κ3) is 3.02. The molecule has 0 amide bonds. The first-order valence-electron chi connectivity index (χ1n) is 8.25. The minimum Gasteiger partial charge on any atom is -0.465 e. The summed E-state index contributed by atoms with van der Waals surface area (Å²) in [7, 11) is -3.85. The number of hydrogen-bond acceptors (Lipinski definition) is 5. The van der Waals surface area contributed by atoms with E-state index in [2.05, 4.69) is 0 Å². The summed E-state index contributed by atoms with van der Waals surface area (Å²) < 4.78 is 31.4. The van der Waals surface area contributed by atoms with Crippen LogP contribution in [0.5, 0.6) is 0 Å². The Labute approximate surface area is 158 Å². The predicted octanol–water partition coefficient (Wildman–Crippen LogP) is 2.85. The van der Waals surface area contributed by atoms with E-state index in [0.717, 1.165) is 5.56 Å². The summed E-state index contributed by atoms with van der Waals surface area (Å²) in [5.41, 5.74) is 6.44. The molecule has 0 bridgehead atoms. The molecule has 138 valence electrons. The van der Waals surface area contributed by atoms with Crippen LogP contribution in [0.25, 0.3) is 0 Å². The molecule has 0 radical (unpaired) electrons. The van der Waals surface area contributed by atoms with E-state index in [1.165, 1.54) is 24.3 Å². The van der Waals surface area contributed by atoms with Crippen molar-refractivity contribution in [2.24, 2.45) is 5.73 Å². The number of hydrogen-bond donors (Lipinski definition) is 1. The highest BCUT2D eigenvalue weighted by molar-refractivity contribution is 7.92. The number of ether oxygens (including phenoxy) is 1. The zero-order chi connectivity index (χ0) is 19.1. The van der Waals surface area contributed by atoms with Gasteiger partial charge in [-0.1, -0.05) is 41.4 Å². The van der Waals surface area contributed by atoms with Crippen LogP contribution in [0.3, 0.4) is 0 Å². The summed E-state index contributed by atoms with van der Waals surface area (Å²) >= 11 is 5.85. The molecule has 5 nitrogen and oxygen atoms in total. The fraction of sp³-hybridized carbons (Fsp3) is 0.316. The molecule has 3 rings (SSSR count). The maximum atomic E-state index is 13.1. The van der Waals surface area contributed by atoms with Crippen LogP contribution < -0.4 is 5.73 Å². The van der Waals surface area contributed by atoms with E-state index in [0.29, 0.717) is 10.6 Å². The molecule has 0 aromatic heterocycles. The van der Waals surface area contributed by atoms with Crippen LogP contribution in [0.1, 0.15) is 24.0 Å². The summed E-state index contributed by atoms with van der Waals surface area (Å²) in [4.78, 5) is 12.6. The maximum absolute atomic E-state index is 13.1. The van der Waals surface area contributed by atoms with E-state index in [1.54, 1.807) is 19.1 Å². The largest absolute Gasteiger partial charge is 0.465 e. The average molecular weight is 394 g/mol. The molecular formula is C19H20ClNO4S. The van der Waals surface area contributed by atoms with Gasteiger partial charge in [-0.3, -0.25) is 0 Å². The Balaban J connectivity index is 2.06. The summed E-state index contributed by atoms with van der Waals surface area (Å²) in [6.07, 6.45) is 0. The molecule has 1 aliphatic rings. The Morgan fingerprint density at radius 1 is 1.15 bits per heavy atom. The van der Waals surface area contributed by atoms with Crippen molar-refractivity contribution < 1.29 is 17.9 Å². The minimum atomic E-state index is -3.85. The van der Waals surface area contributed by atoms with Crippen molar-refractivity contribution in [2.45, 2.75) is 35.4 Å². The Kier molecular flexibility index (Phi) is 4.86. The van der Waals surface area contributed by atoms with Crippen molar-refractivity contribution >= 4 is 27.4 Å². The van der Waals surface area contributed by atoms with Crippen LogP contribution in [-0.4, -0.2) is 31.8 Å². The van der Waals surface area contributed by atoms with Gasteiger partial charge in [0.05, 0.1) is 11.5 Å². The molecule has 0 aliphatic heterocycles. The number of aryl methyl sites for hydroxylation is 1. The molecule has 2 aromatic rings. The highest BCUT2D eigenvalue weighted by atomic mass is 35.5. The lowest BCUT2D eigenvalue weighted by molar-refractivity contribution is -0.145. The molecule has 0 unspecified atom stereocenters. The van der Waals surface area contributed by atoms with Gasteiger partial charge in [0.1, 0.15) is 10.8 Å². The third-order valence-electron chi connectivity index (χ3n) is 4.72. The van der Waals surface area contributed by atoms with Gasteiger partial charge in [0.15, 0.2) is 9.84 Å². The van der Waals surface area contributed by atoms with E-state index < -0.39 is 32.5 Å². The first kappa shape index (κ1) is 18.9. The quantitative estimate of drug-likeness (QED) is 0.789. The Bertz CT molecular complexity index is 925. The first-order chi connectivity index (χ1) is 12.2. The zero-order valence-corrected chi connectivity index (χ0v) is 16.0. The lowest BCUT2D eigenvalue weighted by atomic mass is 10.1. The third-order valence-corrected chi connectivity index (χ3v) is 7.23. The molecule has 1 aliphatic carbocycles. The second kappa shape index (κ2) is 6.68. The monoisotopic (exact) mass is 393 g/mol. The predicted molar refractivity (Wildman–Crippen MR) is 99.9 cm³/mol. The molecule has 1 saturated carbocycles. The normalized spacial score (nSPS) is 24.9. The second-order valence-electron chi connectivity index (χ2n) is 6.46. The van der Waals surface area contributed by atoms with Crippen LogP contribution in [0.15, 0.2) is 53.4 Å². The Morgan fingerprint density at radius 3 is 2.27 bits per heavy atom. The van der Waals surface area contributed by atoms with Crippen molar-refractivity contribution in [3.63, 3.8) is 0 Å². The number of carbonyl (C=O) groups excluding carboxylic acids is 1. The SMILES string of the molecule is CCOC(=O)[C@@]1(N)[C@@H](c2ccc(C)cc2)[C@@H]1S(=O)(=O)c1ccc(Cl)cc1. The van der Waals surface area contributed by atoms with Gasteiger partial charge < -0.3 is 10.5 Å². The smallest absolute Gasteiger partial charge is 0.328 e. The van der Waals surface area contributed by atoms with Gasteiger partial charge in [-0.25, -0.2) is 13.2 Å². The van der Waals surface area contributed by atoms with Gasteiger partial charge in [0, 0.05) is 10.9 Å². The van der Waals surface area contributed by atoms with E-state index in [-0.39, 0.29) is 11.5 Å². The van der Waals surface area contributed by atoms with Crippen molar-refractivity contribution in [3.05, 3.63) is 64.7 Å². The van der Waals surface area contributed by atoms with Crippen LogP contribution in [0.4, 0.5) is 0 Å². The van der Waals surface area contributed by atoms with Crippen molar-refractivity contribution in [2.75, 3.05) is 6.61 Å². The van der Waals surface area contributed by atoms with Gasteiger partial charge in [-0.05, 0) is 43.7 Å². The molecule has 2 N–H and O–H groups in total. The van der Waals surface area contributed by atoms with E-state index in [1.807, 2.05) is 19.1 Å². The molecule has 26 heavy (non-hydrogen) atoms. The van der Waals surface area contributed by atoms with Gasteiger partial charge in [-0.15, -0.1) is 0 Å². The minimum absolute atomic E-state index is 0.0839. The second-order valence-corrected chi connectivity index (χ2v) is 8.97. The number of halogens is 1. The number of carbonyl (C=O) groups is 1. The number of nitrogens with two attached hydrogens (primary N) is 1. The van der Waals surface area contributed by atoms with E-state index >= 15 is 0 Å². The molecule has 1 fully saturated rings. The van der Waals surface area contributed by atoms with E-state index in [9.17, 15) is 13.2 Å². The van der Waals surface area contributed by atoms with Crippen LogP contribution in [0, 0.1) is 6.92 Å². The van der Waals surface area contributed by atoms with E-state index in [4.69, 9.17) is 22.1 Å². The van der Waals surface area contributed by atoms with Gasteiger partial charge in [-0.2, -0.15) is 0 Å². The summed E-state index contributed by atoms with van der Waals surface area (Å²) in [6, 6.07) is 13.2. The number of sulfone groups is 1. The molecule has 3 atom stereocenters. The lowest BCUT2D eigenvalue weighted by Crippen LogP contribution is -2.41. The molecule has 0 saturated heterocycles.